The average molecular weight is 338 g/mol. The van der Waals surface area contributed by atoms with Gasteiger partial charge in [-0.2, -0.15) is 0 Å². The van der Waals surface area contributed by atoms with E-state index >= 15 is 0 Å². The SMILES string of the molecule is CN(CC(=O)N1CCC(C2OCCO2)CC1)C(=O)c1cccs1. The van der Waals surface area contributed by atoms with Crippen molar-refractivity contribution in [1.82, 2.24) is 9.80 Å². The second kappa shape index (κ2) is 7.42. The number of hydrogen-bond donors (Lipinski definition) is 0. The van der Waals surface area contributed by atoms with Crippen LogP contribution in [-0.2, 0) is 14.3 Å². The van der Waals surface area contributed by atoms with Gasteiger partial charge in [0.1, 0.15) is 0 Å². The van der Waals surface area contributed by atoms with E-state index in [1.807, 2.05) is 16.3 Å². The van der Waals surface area contributed by atoms with Gasteiger partial charge in [-0.05, 0) is 24.3 Å². The molecule has 23 heavy (non-hydrogen) atoms. The molecule has 3 heterocycles. The highest BCUT2D eigenvalue weighted by molar-refractivity contribution is 7.12. The summed E-state index contributed by atoms with van der Waals surface area (Å²) in [6.45, 7) is 2.86. The first kappa shape index (κ1) is 16.4. The highest BCUT2D eigenvalue weighted by atomic mass is 32.1. The number of likely N-dealkylation sites (N-methyl/N-ethyl adjacent to an activating group) is 1. The van der Waals surface area contributed by atoms with Crippen LogP contribution in [0.15, 0.2) is 17.5 Å². The standard InChI is InChI=1S/C16H22N2O4S/c1-17(15(20)13-3-2-10-23-13)11-14(19)18-6-4-12(5-7-18)16-21-8-9-22-16/h2-3,10,12,16H,4-9,11H2,1H3. The Morgan fingerprint density at radius 2 is 2.00 bits per heavy atom. The highest BCUT2D eigenvalue weighted by Crippen LogP contribution is 2.25. The number of carbonyl (C=O) groups excluding carboxylic acids is 2. The zero-order chi connectivity index (χ0) is 16.2. The molecule has 7 heteroatoms. The Labute approximate surface area is 140 Å². The smallest absolute Gasteiger partial charge is 0.264 e. The van der Waals surface area contributed by atoms with Gasteiger partial charge in [0.25, 0.3) is 5.91 Å². The molecule has 2 aliphatic rings. The van der Waals surface area contributed by atoms with Crippen molar-refractivity contribution >= 4 is 23.2 Å². The van der Waals surface area contributed by atoms with Gasteiger partial charge in [0.15, 0.2) is 6.29 Å². The largest absolute Gasteiger partial charge is 0.350 e. The normalized spacial score (nSPS) is 20.0. The second-order valence-electron chi connectivity index (χ2n) is 5.97. The lowest BCUT2D eigenvalue weighted by molar-refractivity contribution is -0.137. The number of ether oxygens (including phenoxy) is 2. The van der Waals surface area contributed by atoms with Crippen LogP contribution in [-0.4, -0.2) is 67.8 Å². The third-order valence-corrected chi connectivity index (χ3v) is 5.23. The van der Waals surface area contributed by atoms with Crippen molar-refractivity contribution in [3.05, 3.63) is 22.4 Å². The number of carbonyl (C=O) groups is 2. The van der Waals surface area contributed by atoms with Crippen molar-refractivity contribution in [3.8, 4) is 0 Å². The van der Waals surface area contributed by atoms with Crippen molar-refractivity contribution in [3.63, 3.8) is 0 Å². The van der Waals surface area contributed by atoms with Crippen LogP contribution < -0.4 is 0 Å². The molecule has 0 N–H and O–H groups in total. The van der Waals surface area contributed by atoms with E-state index in [1.165, 1.54) is 16.2 Å². The zero-order valence-electron chi connectivity index (χ0n) is 13.3. The minimum absolute atomic E-state index is 0.00381. The summed E-state index contributed by atoms with van der Waals surface area (Å²) in [7, 11) is 1.67. The van der Waals surface area contributed by atoms with Crippen LogP contribution in [0.1, 0.15) is 22.5 Å². The summed E-state index contributed by atoms with van der Waals surface area (Å²) in [4.78, 5) is 28.6. The van der Waals surface area contributed by atoms with Gasteiger partial charge >= 0.3 is 0 Å². The molecule has 0 aromatic carbocycles. The van der Waals surface area contributed by atoms with Crippen LogP contribution in [0.2, 0.25) is 0 Å². The summed E-state index contributed by atoms with van der Waals surface area (Å²) in [5, 5.41) is 1.86. The maximum atomic E-state index is 12.4. The van der Waals surface area contributed by atoms with Crippen LogP contribution in [0.3, 0.4) is 0 Å². The molecule has 6 nitrogen and oxygen atoms in total. The number of likely N-dealkylation sites (tertiary alicyclic amines) is 1. The maximum absolute atomic E-state index is 12.4. The first-order valence-corrected chi connectivity index (χ1v) is 8.83. The Morgan fingerprint density at radius 1 is 1.30 bits per heavy atom. The molecule has 0 bridgehead atoms. The van der Waals surface area contributed by atoms with Gasteiger partial charge in [0, 0.05) is 26.1 Å². The fourth-order valence-corrected chi connectivity index (χ4v) is 3.75. The van der Waals surface area contributed by atoms with E-state index in [0.29, 0.717) is 37.1 Å². The lowest BCUT2D eigenvalue weighted by atomic mass is 9.96. The Balaban J connectivity index is 1.46. The van der Waals surface area contributed by atoms with Crippen molar-refractivity contribution in [2.24, 2.45) is 5.92 Å². The molecule has 2 fully saturated rings. The predicted molar refractivity (Wildman–Crippen MR) is 86.3 cm³/mol. The molecule has 0 radical (unpaired) electrons. The van der Waals surface area contributed by atoms with Crippen LogP contribution in [0.5, 0.6) is 0 Å². The molecule has 0 atom stereocenters. The van der Waals surface area contributed by atoms with Crippen molar-refractivity contribution in [2.75, 3.05) is 39.9 Å². The second-order valence-corrected chi connectivity index (χ2v) is 6.91. The Bertz CT molecular complexity index is 534. The topological polar surface area (TPSA) is 59.1 Å². The van der Waals surface area contributed by atoms with Crippen LogP contribution in [0.4, 0.5) is 0 Å². The van der Waals surface area contributed by atoms with Gasteiger partial charge in [-0.3, -0.25) is 9.59 Å². The molecule has 0 unspecified atom stereocenters. The molecule has 0 spiro atoms. The molecule has 1 aromatic rings. The van der Waals surface area contributed by atoms with Gasteiger partial charge < -0.3 is 19.3 Å². The monoisotopic (exact) mass is 338 g/mol. The van der Waals surface area contributed by atoms with Gasteiger partial charge in [0.05, 0.1) is 24.6 Å². The zero-order valence-corrected chi connectivity index (χ0v) is 14.1. The van der Waals surface area contributed by atoms with Crippen molar-refractivity contribution < 1.29 is 19.1 Å². The lowest BCUT2D eigenvalue weighted by Gasteiger charge is -2.34. The van der Waals surface area contributed by atoms with Crippen LogP contribution in [0, 0.1) is 5.92 Å². The van der Waals surface area contributed by atoms with E-state index < -0.39 is 0 Å². The molecular formula is C16H22N2O4S. The van der Waals surface area contributed by atoms with Crippen molar-refractivity contribution in [1.29, 1.82) is 0 Å². The third kappa shape index (κ3) is 3.91. The van der Waals surface area contributed by atoms with Crippen LogP contribution in [0.25, 0.3) is 0 Å². The van der Waals surface area contributed by atoms with E-state index in [2.05, 4.69) is 0 Å². The summed E-state index contributed by atoms with van der Waals surface area (Å²) >= 11 is 1.39. The molecule has 2 saturated heterocycles. The molecule has 0 aliphatic carbocycles. The summed E-state index contributed by atoms with van der Waals surface area (Å²) in [6, 6.07) is 3.62. The average Bonchev–Trinajstić information content (AvgIpc) is 3.27. The number of rotatable bonds is 4. The van der Waals surface area contributed by atoms with E-state index in [1.54, 1.807) is 13.1 Å². The predicted octanol–water partition coefficient (Wildman–Crippen LogP) is 1.43. The molecule has 126 valence electrons. The van der Waals surface area contributed by atoms with Gasteiger partial charge in [0.2, 0.25) is 5.91 Å². The minimum atomic E-state index is -0.102. The number of amides is 2. The molecule has 2 aliphatic heterocycles. The Hall–Kier alpha value is -1.44. The van der Waals surface area contributed by atoms with E-state index in [9.17, 15) is 9.59 Å². The molecule has 1 aromatic heterocycles. The van der Waals surface area contributed by atoms with E-state index in [4.69, 9.17) is 9.47 Å². The number of nitrogens with zero attached hydrogens (tertiary/aromatic N) is 2. The quantitative estimate of drug-likeness (QED) is 0.833. The first-order valence-electron chi connectivity index (χ1n) is 7.95. The fraction of sp³-hybridized carbons (Fsp3) is 0.625. The minimum Gasteiger partial charge on any atom is -0.350 e. The van der Waals surface area contributed by atoms with E-state index in [-0.39, 0.29) is 24.6 Å². The van der Waals surface area contributed by atoms with Crippen LogP contribution >= 0.6 is 11.3 Å². The van der Waals surface area contributed by atoms with Gasteiger partial charge in [-0.1, -0.05) is 6.07 Å². The van der Waals surface area contributed by atoms with Gasteiger partial charge in [-0.15, -0.1) is 11.3 Å². The van der Waals surface area contributed by atoms with Gasteiger partial charge in [-0.25, -0.2) is 0 Å². The van der Waals surface area contributed by atoms with E-state index in [0.717, 1.165) is 12.8 Å². The summed E-state index contributed by atoms with van der Waals surface area (Å²) in [6.07, 6.45) is 1.67. The number of thiophene rings is 1. The molecule has 0 saturated carbocycles. The fourth-order valence-electron chi connectivity index (χ4n) is 3.03. The summed E-state index contributed by atoms with van der Waals surface area (Å²) in [5.74, 6) is 0.270. The summed E-state index contributed by atoms with van der Waals surface area (Å²) in [5.41, 5.74) is 0. The maximum Gasteiger partial charge on any atom is 0.264 e. The Morgan fingerprint density at radius 3 is 2.61 bits per heavy atom. The number of hydrogen-bond acceptors (Lipinski definition) is 5. The summed E-state index contributed by atoms with van der Waals surface area (Å²) < 4.78 is 11.1. The first-order chi connectivity index (χ1) is 11.1. The van der Waals surface area contributed by atoms with Crippen molar-refractivity contribution in [2.45, 2.75) is 19.1 Å². The highest BCUT2D eigenvalue weighted by Gasteiger charge is 2.32. The Kier molecular flexibility index (Phi) is 5.30. The lowest BCUT2D eigenvalue weighted by Crippen LogP contribution is -2.46. The molecule has 3 rings (SSSR count). The third-order valence-electron chi connectivity index (χ3n) is 4.38. The molecule has 2 amide bonds. The molecular weight excluding hydrogens is 316 g/mol. The number of piperidine rings is 1.